The maximum absolute atomic E-state index is 12.1. The number of aromatic amines is 1. The van der Waals surface area contributed by atoms with E-state index < -0.39 is 10.2 Å². The summed E-state index contributed by atoms with van der Waals surface area (Å²) in [6, 6.07) is 5.29. The van der Waals surface area contributed by atoms with E-state index in [2.05, 4.69) is 14.7 Å². The zero-order valence-corrected chi connectivity index (χ0v) is 13.9. The molecular formula is C15H15N5O3S. The van der Waals surface area contributed by atoms with Crippen molar-refractivity contribution in [2.75, 3.05) is 18.8 Å². The average molecular weight is 345 g/mol. The van der Waals surface area contributed by atoms with Gasteiger partial charge in [0.15, 0.2) is 0 Å². The molecule has 0 atom stereocenters. The van der Waals surface area contributed by atoms with Crippen LogP contribution in [0.1, 0.15) is 11.3 Å². The van der Waals surface area contributed by atoms with Gasteiger partial charge in [-0.15, -0.1) is 0 Å². The Morgan fingerprint density at radius 3 is 2.88 bits per heavy atom. The lowest BCUT2D eigenvalue weighted by Crippen LogP contribution is -2.28. The normalized spacial score (nSPS) is 13.3. The molecule has 0 fully saturated rings. The third-order valence-electron chi connectivity index (χ3n) is 4.12. The molecule has 2 aromatic heterocycles. The summed E-state index contributed by atoms with van der Waals surface area (Å²) in [6.45, 7) is 0. The quantitative estimate of drug-likeness (QED) is 0.574. The Kier molecular flexibility index (Phi) is 3.06. The molecular weight excluding hydrogens is 330 g/mol. The highest BCUT2D eigenvalue weighted by atomic mass is 32.2. The highest BCUT2D eigenvalue weighted by Gasteiger charge is 2.24. The Balaban J connectivity index is 1.81. The van der Waals surface area contributed by atoms with Gasteiger partial charge in [-0.3, -0.25) is 13.9 Å². The molecule has 3 aromatic rings. The number of benzene rings is 1. The minimum absolute atomic E-state index is 0.246. The molecule has 0 unspecified atom stereocenters. The molecule has 4 rings (SSSR count). The van der Waals surface area contributed by atoms with Crippen molar-refractivity contribution < 1.29 is 8.42 Å². The molecule has 24 heavy (non-hydrogen) atoms. The van der Waals surface area contributed by atoms with Crippen LogP contribution in [0, 0.1) is 0 Å². The molecule has 0 aliphatic heterocycles. The Morgan fingerprint density at radius 1 is 1.33 bits per heavy atom. The molecule has 0 saturated heterocycles. The Labute approximate surface area is 138 Å². The van der Waals surface area contributed by atoms with Crippen LogP contribution >= 0.6 is 0 Å². The van der Waals surface area contributed by atoms with Crippen LogP contribution in [-0.2, 0) is 16.6 Å². The van der Waals surface area contributed by atoms with E-state index in [0.717, 1.165) is 26.8 Å². The Morgan fingerprint density at radius 2 is 2.12 bits per heavy atom. The van der Waals surface area contributed by atoms with Crippen LogP contribution in [0.5, 0.6) is 0 Å². The number of anilines is 1. The topological polar surface area (TPSA) is 99.6 Å². The molecule has 0 spiro atoms. The van der Waals surface area contributed by atoms with Gasteiger partial charge in [-0.25, -0.2) is 4.98 Å². The summed E-state index contributed by atoms with van der Waals surface area (Å²) in [7, 11) is -0.629. The number of hydrogen-bond donors (Lipinski definition) is 2. The molecule has 2 N–H and O–H groups in total. The molecule has 1 aliphatic rings. The Hall–Kier alpha value is -2.65. The molecule has 0 amide bonds. The van der Waals surface area contributed by atoms with Gasteiger partial charge in [0, 0.05) is 38.5 Å². The van der Waals surface area contributed by atoms with E-state index in [1.165, 1.54) is 14.1 Å². The first kappa shape index (κ1) is 14.9. The molecule has 0 radical (unpaired) electrons. The van der Waals surface area contributed by atoms with Crippen molar-refractivity contribution in [3.63, 3.8) is 0 Å². The Bertz CT molecular complexity index is 1130. The number of nitrogens with one attached hydrogen (secondary N) is 2. The highest BCUT2D eigenvalue weighted by molar-refractivity contribution is 7.90. The van der Waals surface area contributed by atoms with E-state index >= 15 is 0 Å². The number of aromatic nitrogens is 3. The lowest BCUT2D eigenvalue weighted by molar-refractivity contribution is 0.527. The van der Waals surface area contributed by atoms with Gasteiger partial charge in [0.05, 0.1) is 17.1 Å². The van der Waals surface area contributed by atoms with Crippen LogP contribution in [0.4, 0.5) is 5.69 Å². The van der Waals surface area contributed by atoms with Crippen LogP contribution in [0.2, 0.25) is 0 Å². The molecule has 0 saturated carbocycles. The lowest BCUT2D eigenvalue weighted by atomic mass is 10.1. The molecule has 8 nitrogen and oxygen atoms in total. The number of H-pyrrole nitrogens is 1. The zero-order chi connectivity index (χ0) is 17.1. The van der Waals surface area contributed by atoms with Crippen molar-refractivity contribution in [3.05, 3.63) is 52.2 Å². The molecule has 1 aliphatic carbocycles. The van der Waals surface area contributed by atoms with Crippen molar-refractivity contribution in [2.24, 2.45) is 0 Å². The van der Waals surface area contributed by atoms with Crippen molar-refractivity contribution in [1.82, 2.24) is 18.7 Å². The zero-order valence-electron chi connectivity index (χ0n) is 13.1. The van der Waals surface area contributed by atoms with Gasteiger partial charge >= 0.3 is 10.2 Å². The van der Waals surface area contributed by atoms with Crippen molar-refractivity contribution in [3.8, 4) is 11.3 Å². The van der Waals surface area contributed by atoms with E-state index in [1.807, 2.05) is 6.07 Å². The summed E-state index contributed by atoms with van der Waals surface area (Å²) in [5, 5.41) is 0. The maximum atomic E-state index is 12.1. The van der Waals surface area contributed by atoms with Gasteiger partial charge < -0.3 is 4.98 Å². The molecule has 0 bridgehead atoms. The summed E-state index contributed by atoms with van der Waals surface area (Å²) < 4.78 is 29.3. The summed E-state index contributed by atoms with van der Waals surface area (Å²) in [4.78, 5) is 19.0. The third kappa shape index (κ3) is 2.13. The van der Waals surface area contributed by atoms with Crippen LogP contribution in [0.25, 0.3) is 16.9 Å². The fraction of sp³-hybridized carbons (Fsp3) is 0.200. The van der Waals surface area contributed by atoms with E-state index in [-0.39, 0.29) is 5.56 Å². The van der Waals surface area contributed by atoms with Gasteiger partial charge in [-0.2, -0.15) is 12.7 Å². The average Bonchev–Trinajstić information content (AvgIpc) is 3.11. The SMILES string of the molecule is CN(C)S(=O)(=O)Nc1ccc2c(c1)Cc1c-2[nH]c(=O)c2nccn12. The van der Waals surface area contributed by atoms with E-state index in [0.29, 0.717) is 17.8 Å². The van der Waals surface area contributed by atoms with E-state index in [4.69, 9.17) is 0 Å². The highest BCUT2D eigenvalue weighted by Crippen LogP contribution is 2.36. The van der Waals surface area contributed by atoms with Crippen LogP contribution in [0.15, 0.2) is 35.4 Å². The summed E-state index contributed by atoms with van der Waals surface area (Å²) in [6.07, 6.45) is 3.93. The minimum Gasteiger partial charge on any atom is -0.317 e. The molecule has 2 heterocycles. The van der Waals surface area contributed by atoms with Crippen LogP contribution < -0.4 is 10.3 Å². The first-order chi connectivity index (χ1) is 11.4. The van der Waals surface area contributed by atoms with Gasteiger partial charge in [0.25, 0.3) is 5.56 Å². The summed E-state index contributed by atoms with van der Waals surface area (Å²) >= 11 is 0. The van der Waals surface area contributed by atoms with Gasteiger partial charge in [0.2, 0.25) is 5.65 Å². The second-order valence-corrected chi connectivity index (χ2v) is 7.72. The van der Waals surface area contributed by atoms with E-state index in [9.17, 15) is 13.2 Å². The van der Waals surface area contributed by atoms with Gasteiger partial charge in [-0.05, 0) is 17.7 Å². The van der Waals surface area contributed by atoms with E-state index in [1.54, 1.807) is 28.9 Å². The monoisotopic (exact) mass is 345 g/mol. The maximum Gasteiger partial charge on any atom is 0.301 e. The predicted octanol–water partition coefficient (Wildman–Crippen LogP) is 0.812. The summed E-state index contributed by atoms with van der Waals surface area (Å²) in [5.74, 6) is 0. The first-order valence-electron chi connectivity index (χ1n) is 7.28. The van der Waals surface area contributed by atoms with Crippen molar-refractivity contribution >= 4 is 21.5 Å². The fourth-order valence-corrected chi connectivity index (χ4v) is 3.52. The molecule has 9 heteroatoms. The summed E-state index contributed by atoms with van der Waals surface area (Å²) in [5.41, 5.74) is 4.12. The third-order valence-corrected chi connectivity index (χ3v) is 5.58. The predicted molar refractivity (Wildman–Crippen MR) is 90.3 cm³/mol. The largest absolute Gasteiger partial charge is 0.317 e. The number of nitrogens with zero attached hydrogens (tertiary/aromatic N) is 3. The van der Waals surface area contributed by atoms with Crippen LogP contribution in [0.3, 0.4) is 0 Å². The van der Waals surface area contributed by atoms with Gasteiger partial charge in [0.1, 0.15) is 0 Å². The second kappa shape index (κ2) is 4.92. The fourth-order valence-electron chi connectivity index (χ4n) is 2.92. The van der Waals surface area contributed by atoms with Gasteiger partial charge in [-0.1, -0.05) is 6.07 Å². The minimum atomic E-state index is -3.56. The lowest BCUT2D eigenvalue weighted by Gasteiger charge is -2.14. The molecule has 124 valence electrons. The smallest absolute Gasteiger partial charge is 0.301 e. The number of hydrogen-bond acceptors (Lipinski definition) is 4. The second-order valence-electron chi connectivity index (χ2n) is 5.83. The number of imidazole rings is 1. The molecule has 1 aromatic carbocycles. The number of fused-ring (bicyclic) bond motifs is 5. The van der Waals surface area contributed by atoms with Crippen molar-refractivity contribution in [1.29, 1.82) is 0 Å². The first-order valence-corrected chi connectivity index (χ1v) is 8.72. The van der Waals surface area contributed by atoms with Crippen LogP contribution in [-0.4, -0.2) is 41.2 Å². The number of rotatable bonds is 3. The van der Waals surface area contributed by atoms with Crippen molar-refractivity contribution in [2.45, 2.75) is 6.42 Å². The standard InChI is InChI=1S/C15H15N5O3S/c1-19(2)24(22,23)18-10-3-4-11-9(7-10)8-12-13(11)17-15(21)14-16-5-6-20(12)14/h3-7,18H,8H2,1-2H3,(H,17,21).